The Bertz CT molecular complexity index is 1120. The molecule has 0 saturated heterocycles. The fraction of sp³-hybridized carbons (Fsp3) is 0.481. The van der Waals surface area contributed by atoms with Crippen molar-refractivity contribution in [1.29, 1.82) is 0 Å². The number of hydrogen-bond donors (Lipinski definition) is 3. The molecular formula is C27H30N2O3. The van der Waals surface area contributed by atoms with Gasteiger partial charge in [0.1, 0.15) is 5.60 Å². The van der Waals surface area contributed by atoms with E-state index in [1.807, 2.05) is 31.2 Å². The summed E-state index contributed by atoms with van der Waals surface area (Å²) < 4.78 is 0. The summed E-state index contributed by atoms with van der Waals surface area (Å²) in [6, 6.07) is 9.50. The normalized spacial score (nSPS) is 35.2. The van der Waals surface area contributed by atoms with E-state index in [1.54, 1.807) is 12.3 Å². The second-order valence-electron chi connectivity index (χ2n) is 10.1. The third kappa shape index (κ3) is 3.01. The van der Waals surface area contributed by atoms with E-state index >= 15 is 0 Å². The topological polar surface area (TPSA) is 82.5 Å². The lowest BCUT2D eigenvalue weighted by atomic mass is 9.52. The number of pyridine rings is 1. The van der Waals surface area contributed by atoms with Crippen LogP contribution in [-0.4, -0.2) is 32.8 Å². The van der Waals surface area contributed by atoms with Gasteiger partial charge in [-0.1, -0.05) is 18.9 Å². The number of aromatic nitrogens is 1. The number of benzene rings is 1. The van der Waals surface area contributed by atoms with Crippen molar-refractivity contribution < 1.29 is 15.0 Å². The number of rotatable bonds is 2. The Labute approximate surface area is 189 Å². The van der Waals surface area contributed by atoms with Crippen molar-refractivity contribution in [2.75, 3.05) is 5.32 Å². The molecule has 0 radical (unpaired) electrons. The number of aryl methyl sites for hydroxylation is 2. The Balaban J connectivity index is 1.43. The molecule has 3 aliphatic carbocycles. The van der Waals surface area contributed by atoms with Gasteiger partial charge >= 0.3 is 0 Å². The monoisotopic (exact) mass is 430 g/mol. The number of fused-ring (bicyclic) bond motifs is 5. The van der Waals surface area contributed by atoms with Crippen LogP contribution in [0.2, 0.25) is 0 Å². The van der Waals surface area contributed by atoms with Crippen LogP contribution in [0, 0.1) is 36.5 Å². The third-order valence-corrected chi connectivity index (χ3v) is 8.61. The molecule has 5 rings (SSSR count). The van der Waals surface area contributed by atoms with Gasteiger partial charge < -0.3 is 15.5 Å². The maximum absolute atomic E-state index is 12.9. The van der Waals surface area contributed by atoms with Crippen LogP contribution in [0.3, 0.4) is 0 Å². The van der Waals surface area contributed by atoms with Crippen molar-refractivity contribution in [3.05, 3.63) is 58.9 Å². The van der Waals surface area contributed by atoms with Gasteiger partial charge in [-0.2, -0.15) is 0 Å². The molecule has 6 atom stereocenters. The highest BCUT2D eigenvalue weighted by Gasteiger charge is 2.63. The molecule has 0 aliphatic heterocycles. The maximum Gasteiger partial charge on any atom is 0.255 e. The molecule has 1 aromatic heterocycles. The highest BCUT2D eigenvalue weighted by molar-refractivity contribution is 6.04. The summed E-state index contributed by atoms with van der Waals surface area (Å²) in [6.45, 7) is 3.93. The van der Waals surface area contributed by atoms with Crippen LogP contribution in [0.1, 0.15) is 65.7 Å². The minimum atomic E-state index is -1.14. The van der Waals surface area contributed by atoms with Gasteiger partial charge in [0.15, 0.2) is 0 Å². The predicted molar refractivity (Wildman–Crippen MR) is 123 cm³/mol. The molecule has 2 saturated carbocycles. The highest BCUT2D eigenvalue weighted by Crippen LogP contribution is 2.64. The van der Waals surface area contributed by atoms with Crippen LogP contribution in [0.5, 0.6) is 0 Å². The maximum atomic E-state index is 12.9. The summed E-state index contributed by atoms with van der Waals surface area (Å²) in [5.74, 6) is 3.10. The molecule has 0 unspecified atom stereocenters. The second-order valence-corrected chi connectivity index (χ2v) is 10.1. The first-order valence-electron chi connectivity index (χ1n) is 11.5. The number of nitrogens with one attached hydrogen (secondary N) is 1. The zero-order valence-corrected chi connectivity index (χ0v) is 18.6. The zero-order chi connectivity index (χ0) is 22.7. The molecule has 5 nitrogen and oxygen atoms in total. The Hall–Kier alpha value is -2.68. The van der Waals surface area contributed by atoms with Gasteiger partial charge in [0.05, 0.1) is 17.5 Å². The van der Waals surface area contributed by atoms with E-state index in [9.17, 15) is 15.0 Å². The largest absolute Gasteiger partial charge is 0.392 e. The molecule has 1 amide bonds. The molecule has 2 fully saturated rings. The molecule has 5 heteroatoms. The summed E-state index contributed by atoms with van der Waals surface area (Å²) in [5, 5.41) is 25.3. The molecule has 32 heavy (non-hydrogen) atoms. The molecule has 0 spiro atoms. The number of amides is 1. The first kappa shape index (κ1) is 21.2. The van der Waals surface area contributed by atoms with Crippen LogP contribution in [0.25, 0.3) is 0 Å². The lowest BCUT2D eigenvalue weighted by Crippen LogP contribution is -2.54. The van der Waals surface area contributed by atoms with Crippen LogP contribution in [-0.2, 0) is 6.42 Å². The Morgan fingerprint density at radius 2 is 2.12 bits per heavy atom. The molecular weight excluding hydrogens is 400 g/mol. The average molecular weight is 431 g/mol. The first-order valence-corrected chi connectivity index (χ1v) is 11.5. The number of anilines is 1. The summed E-state index contributed by atoms with van der Waals surface area (Å²) in [4.78, 5) is 17.1. The molecule has 0 bridgehead atoms. The van der Waals surface area contributed by atoms with E-state index in [2.05, 4.69) is 23.1 Å². The van der Waals surface area contributed by atoms with E-state index in [1.165, 1.54) is 0 Å². The number of aliphatic hydroxyl groups excluding tert-OH is 1. The molecule has 3 aliphatic rings. The third-order valence-electron chi connectivity index (χ3n) is 8.61. The van der Waals surface area contributed by atoms with Gasteiger partial charge in [-0.3, -0.25) is 9.78 Å². The zero-order valence-electron chi connectivity index (χ0n) is 18.6. The van der Waals surface area contributed by atoms with E-state index in [0.717, 1.165) is 36.1 Å². The van der Waals surface area contributed by atoms with Gasteiger partial charge in [0.2, 0.25) is 0 Å². The predicted octanol–water partition coefficient (Wildman–Crippen LogP) is 3.83. The van der Waals surface area contributed by atoms with Gasteiger partial charge in [0, 0.05) is 23.1 Å². The number of aliphatic hydroxyl groups is 2. The molecule has 166 valence electrons. The number of carbonyl (C=O) groups is 1. The van der Waals surface area contributed by atoms with E-state index in [4.69, 9.17) is 6.42 Å². The Morgan fingerprint density at radius 3 is 2.88 bits per heavy atom. The van der Waals surface area contributed by atoms with Gasteiger partial charge in [0.25, 0.3) is 5.91 Å². The van der Waals surface area contributed by atoms with E-state index in [0.29, 0.717) is 30.0 Å². The second kappa shape index (κ2) is 7.43. The summed E-state index contributed by atoms with van der Waals surface area (Å²) >= 11 is 0. The quantitative estimate of drug-likeness (QED) is 0.633. The molecule has 2 aromatic rings. The Kier molecular flexibility index (Phi) is 4.92. The minimum Gasteiger partial charge on any atom is -0.392 e. The Morgan fingerprint density at radius 1 is 1.31 bits per heavy atom. The minimum absolute atomic E-state index is 0.0228. The highest BCUT2D eigenvalue weighted by atomic mass is 16.3. The number of nitrogens with zero attached hydrogens (tertiary/aromatic N) is 1. The van der Waals surface area contributed by atoms with Gasteiger partial charge in [-0.25, -0.2) is 0 Å². The molecule has 1 aromatic carbocycles. The van der Waals surface area contributed by atoms with Crippen LogP contribution >= 0.6 is 0 Å². The number of carbonyl (C=O) groups excluding carboxylic acids is 1. The lowest BCUT2D eigenvalue weighted by Gasteiger charge is -2.54. The van der Waals surface area contributed by atoms with E-state index in [-0.39, 0.29) is 17.7 Å². The molecule has 1 heterocycles. The van der Waals surface area contributed by atoms with Crippen molar-refractivity contribution in [3.63, 3.8) is 0 Å². The fourth-order valence-electron chi connectivity index (χ4n) is 6.86. The number of terminal acetylenes is 1. The SMILES string of the molecule is C#C[C@]1(O)CC[C@H]2[C@@H]3CCc4cc(C(=O)Nc5cccnc5C)ccc4[C@H]3[C@@H](O)C[C@@]21C. The van der Waals surface area contributed by atoms with Crippen LogP contribution in [0.4, 0.5) is 5.69 Å². The van der Waals surface area contributed by atoms with Crippen molar-refractivity contribution in [1.82, 2.24) is 4.98 Å². The first-order chi connectivity index (χ1) is 15.3. The van der Waals surface area contributed by atoms with Crippen LogP contribution in [0.15, 0.2) is 36.5 Å². The lowest BCUT2D eigenvalue weighted by molar-refractivity contribution is -0.107. The number of hydrogen-bond acceptors (Lipinski definition) is 4. The van der Waals surface area contributed by atoms with Crippen molar-refractivity contribution in [2.45, 2.75) is 63.6 Å². The fourth-order valence-corrected chi connectivity index (χ4v) is 6.86. The smallest absolute Gasteiger partial charge is 0.255 e. The van der Waals surface area contributed by atoms with Gasteiger partial charge in [-0.05, 0) is 86.3 Å². The standard InChI is InChI=1S/C27H30N2O3/c1-4-27(32)12-11-21-20-10-7-17-14-18(25(31)29-22-6-5-13-28-16(22)2)8-9-19(17)24(20)23(30)15-26(21,27)3/h1,5-6,8-9,13-14,20-21,23-24,30,32H,7,10-12,15H2,2-3H3,(H,29,31)/t20-,21-,23-,24+,26-,27-/m0/s1. The van der Waals surface area contributed by atoms with Gasteiger partial charge in [-0.15, -0.1) is 6.42 Å². The summed E-state index contributed by atoms with van der Waals surface area (Å²) in [5.41, 5.74) is 2.77. The summed E-state index contributed by atoms with van der Waals surface area (Å²) in [7, 11) is 0. The van der Waals surface area contributed by atoms with Crippen molar-refractivity contribution in [3.8, 4) is 12.3 Å². The van der Waals surface area contributed by atoms with E-state index < -0.39 is 17.1 Å². The van der Waals surface area contributed by atoms with Crippen molar-refractivity contribution >= 4 is 11.6 Å². The molecule has 3 N–H and O–H groups in total. The average Bonchev–Trinajstić information content (AvgIpc) is 3.05. The van der Waals surface area contributed by atoms with Crippen LogP contribution < -0.4 is 5.32 Å². The van der Waals surface area contributed by atoms with Crippen molar-refractivity contribution in [2.24, 2.45) is 17.3 Å². The summed E-state index contributed by atoms with van der Waals surface area (Å²) in [6.07, 6.45) is 10.7.